The Kier molecular flexibility index (Phi) is 7.55. The van der Waals surface area contributed by atoms with Crippen LogP contribution in [0.25, 0.3) is 11.3 Å². The highest BCUT2D eigenvalue weighted by Crippen LogP contribution is 2.30. The number of phenolic OH excluding ortho intramolecular Hbond substituents is 1. The van der Waals surface area contributed by atoms with E-state index < -0.39 is 0 Å². The van der Waals surface area contributed by atoms with Crippen molar-refractivity contribution in [1.29, 1.82) is 0 Å². The molecule has 2 fully saturated rings. The van der Waals surface area contributed by atoms with Gasteiger partial charge in [-0.1, -0.05) is 12.1 Å². The molecule has 0 aliphatic carbocycles. The number of anilines is 1. The molecule has 2 N–H and O–H groups in total. The first kappa shape index (κ1) is 20.8. The first-order valence-corrected chi connectivity index (χ1v) is 7.38. The third-order valence-corrected chi connectivity index (χ3v) is 4.51. The van der Waals surface area contributed by atoms with Gasteiger partial charge in [-0.05, 0) is 36.1 Å². The summed E-state index contributed by atoms with van der Waals surface area (Å²) in [5.41, 5.74) is 1.67. The maximum atomic E-state index is 9.53. The summed E-state index contributed by atoms with van der Waals surface area (Å²) in [5.74, 6) is 2.70. The summed E-state index contributed by atoms with van der Waals surface area (Å²) in [7, 11) is 0. The zero-order chi connectivity index (χ0) is 14.2. The number of benzene rings is 1. The van der Waals surface area contributed by atoms with Crippen LogP contribution in [0.4, 0.5) is 5.82 Å². The van der Waals surface area contributed by atoms with E-state index in [0.717, 1.165) is 55.1 Å². The molecule has 0 spiro atoms. The third kappa shape index (κ3) is 4.03. The Balaban J connectivity index is 0.000000960. The zero-order valence-corrected chi connectivity index (χ0v) is 15.4. The van der Waals surface area contributed by atoms with Crippen LogP contribution in [0.1, 0.15) is 0 Å². The van der Waals surface area contributed by atoms with Crippen molar-refractivity contribution >= 4 is 43.0 Å². The lowest BCUT2D eigenvalue weighted by atomic mass is 10.0. The van der Waals surface area contributed by atoms with Crippen LogP contribution in [-0.2, 0) is 0 Å². The lowest BCUT2D eigenvalue weighted by Crippen LogP contribution is -2.26. The highest BCUT2D eigenvalue weighted by molar-refractivity contribution is 5.86. The molecule has 2 aliphatic rings. The molecule has 2 aromatic rings. The van der Waals surface area contributed by atoms with Crippen molar-refractivity contribution in [2.24, 2.45) is 11.8 Å². The minimum Gasteiger partial charge on any atom is -0.508 e. The Morgan fingerprint density at radius 3 is 2.25 bits per heavy atom. The monoisotopic (exact) mass is 390 g/mol. The molecular weight excluding hydrogens is 371 g/mol. The smallest absolute Gasteiger partial charge is 0.151 e. The lowest BCUT2D eigenvalue weighted by molar-refractivity contribution is 0.475. The summed E-state index contributed by atoms with van der Waals surface area (Å²) in [6, 6.07) is 11.1. The molecule has 1 aromatic carbocycles. The van der Waals surface area contributed by atoms with Crippen LogP contribution in [0, 0.1) is 11.8 Å². The van der Waals surface area contributed by atoms with Gasteiger partial charge in [0.15, 0.2) is 5.82 Å². The maximum absolute atomic E-state index is 9.53. The highest BCUT2D eigenvalue weighted by atomic mass is 35.5. The van der Waals surface area contributed by atoms with Gasteiger partial charge < -0.3 is 15.3 Å². The van der Waals surface area contributed by atoms with Crippen LogP contribution < -0.4 is 10.2 Å². The van der Waals surface area contributed by atoms with E-state index in [1.54, 1.807) is 12.1 Å². The van der Waals surface area contributed by atoms with E-state index in [0.29, 0.717) is 0 Å². The fourth-order valence-corrected chi connectivity index (χ4v) is 3.36. The van der Waals surface area contributed by atoms with E-state index in [1.807, 2.05) is 24.3 Å². The molecule has 0 saturated carbocycles. The average Bonchev–Trinajstić information content (AvgIpc) is 3.09. The fourth-order valence-electron chi connectivity index (χ4n) is 3.36. The molecular formula is C16H21Cl3N4O. The molecule has 5 nitrogen and oxygen atoms in total. The fraction of sp³-hybridized carbons (Fsp3) is 0.375. The van der Waals surface area contributed by atoms with Gasteiger partial charge in [-0.3, -0.25) is 0 Å². The summed E-state index contributed by atoms with van der Waals surface area (Å²) in [5, 5.41) is 21.7. The van der Waals surface area contributed by atoms with Crippen molar-refractivity contribution in [3.05, 3.63) is 36.4 Å². The van der Waals surface area contributed by atoms with Gasteiger partial charge in [0.2, 0.25) is 0 Å². The SMILES string of the molecule is Cl.Cl.Cl.Oc1cccc(-c2ccc(N3CC4CNCC4C3)nn2)c1. The van der Waals surface area contributed by atoms with Crippen LogP contribution in [0.15, 0.2) is 36.4 Å². The number of hydrogen-bond donors (Lipinski definition) is 2. The quantitative estimate of drug-likeness (QED) is 0.824. The normalized spacial score (nSPS) is 21.2. The molecule has 3 heterocycles. The van der Waals surface area contributed by atoms with Gasteiger partial charge in [-0.25, -0.2) is 0 Å². The number of fused-ring (bicyclic) bond motifs is 1. The van der Waals surface area contributed by atoms with Gasteiger partial charge in [-0.2, -0.15) is 0 Å². The van der Waals surface area contributed by atoms with Crippen LogP contribution in [0.3, 0.4) is 0 Å². The molecule has 132 valence electrons. The number of aromatic nitrogens is 2. The average molecular weight is 392 g/mol. The molecule has 0 amide bonds. The first-order chi connectivity index (χ1) is 10.3. The van der Waals surface area contributed by atoms with Crippen LogP contribution in [0.2, 0.25) is 0 Å². The summed E-state index contributed by atoms with van der Waals surface area (Å²) < 4.78 is 0. The van der Waals surface area contributed by atoms with E-state index in [4.69, 9.17) is 0 Å². The van der Waals surface area contributed by atoms with Crippen molar-refractivity contribution in [3.8, 4) is 17.0 Å². The number of hydrogen-bond acceptors (Lipinski definition) is 5. The summed E-state index contributed by atoms with van der Waals surface area (Å²) in [6.07, 6.45) is 0. The van der Waals surface area contributed by atoms with Crippen LogP contribution >= 0.6 is 37.2 Å². The Bertz CT molecular complexity index is 644. The van der Waals surface area contributed by atoms with Crippen LogP contribution in [-0.4, -0.2) is 41.5 Å². The number of nitrogens with one attached hydrogen (secondary N) is 1. The molecule has 1 aromatic heterocycles. The van der Waals surface area contributed by atoms with Gasteiger partial charge >= 0.3 is 0 Å². The molecule has 0 bridgehead atoms. The minimum absolute atomic E-state index is 0. The topological polar surface area (TPSA) is 61.3 Å². The van der Waals surface area contributed by atoms with Gasteiger partial charge in [0.25, 0.3) is 0 Å². The zero-order valence-electron chi connectivity index (χ0n) is 13.0. The summed E-state index contributed by atoms with van der Waals surface area (Å²) in [6.45, 7) is 4.38. The standard InChI is InChI=1S/C16H18N4O.3ClH/c21-14-3-1-2-11(6-14)15-4-5-16(19-18-15)20-9-12-7-17-8-13(12)10-20;;;/h1-6,12-13,17,21H,7-10H2;3*1H. The first-order valence-electron chi connectivity index (χ1n) is 7.38. The molecule has 2 saturated heterocycles. The highest BCUT2D eigenvalue weighted by Gasteiger charge is 2.36. The van der Waals surface area contributed by atoms with E-state index in [1.165, 1.54) is 0 Å². The predicted octanol–water partition coefficient (Wildman–Crippen LogP) is 2.77. The molecule has 2 aliphatic heterocycles. The lowest BCUT2D eigenvalue weighted by Gasteiger charge is -2.17. The molecule has 4 rings (SSSR count). The third-order valence-electron chi connectivity index (χ3n) is 4.51. The van der Waals surface area contributed by atoms with Crippen molar-refractivity contribution in [2.75, 3.05) is 31.1 Å². The minimum atomic E-state index is 0. The van der Waals surface area contributed by atoms with Gasteiger partial charge in [0.1, 0.15) is 5.75 Å². The van der Waals surface area contributed by atoms with Crippen molar-refractivity contribution in [3.63, 3.8) is 0 Å². The predicted molar refractivity (Wildman–Crippen MR) is 103 cm³/mol. The van der Waals surface area contributed by atoms with E-state index in [-0.39, 0.29) is 43.0 Å². The Labute approximate surface area is 160 Å². The molecule has 2 atom stereocenters. The molecule has 8 heteroatoms. The van der Waals surface area contributed by atoms with E-state index >= 15 is 0 Å². The number of phenols is 1. The van der Waals surface area contributed by atoms with Gasteiger partial charge in [0, 0.05) is 31.7 Å². The van der Waals surface area contributed by atoms with E-state index in [9.17, 15) is 5.11 Å². The Morgan fingerprint density at radius 1 is 0.958 bits per heavy atom. The molecule has 2 unspecified atom stereocenters. The van der Waals surface area contributed by atoms with Gasteiger partial charge in [-0.15, -0.1) is 47.4 Å². The second-order valence-corrected chi connectivity index (χ2v) is 5.91. The number of rotatable bonds is 2. The van der Waals surface area contributed by atoms with Crippen molar-refractivity contribution in [1.82, 2.24) is 15.5 Å². The van der Waals surface area contributed by atoms with Crippen molar-refractivity contribution < 1.29 is 5.11 Å². The Morgan fingerprint density at radius 2 is 1.67 bits per heavy atom. The second-order valence-electron chi connectivity index (χ2n) is 5.91. The van der Waals surface area contributed by atoms with Crippen LogP contribution in [0.5, 0.6) is 5.75 Å². The summed E-state index contributed by atoms with van der Waals surface area (Å²) in [4.78, 5) is 2.33. The largest absolute Gasteiger partial charge is 0.508 e. The van der Waals surface area contributed by atoms with Crippen molar-refractivity contribution in [2.45, 2.75) is 0 Å². The van der Waals surface area contributed by atoms with E-state index in [2.05, 4.69) is 20.4 Å². The Hall–Kier alpha value is -1.27. The maximum Gasteiger partial charge on any atom is 0.151 e. The molecule has 0 radical (unpaired) electrons. The number of aromatic hydroxyl groups is 1. The summed E-state index contributed by atoms with van der Waals surface area (Å²) >= 11 is 0. The number of nitrogens with zero attached hydrogens (tertiary/aromatic N) is 3. The number of halogens is 3. The van der Waals surface area contributed by atoms with Gasteiger partial charge in [0.05, 0.1) is 5.69 Å². The molecule has 24 heavy (non-hydrogen) atoms. The second kappa shape index (κ2) is 8.72.